The molecule has 156 valence electrons. The maximum Gasteiger partial charge on any atom is 0.250 e. The van der Waals surface area contributed by atoms with Crippen LogP contribution in [-0.4, -0.2) is 32.4 Å². The van der Waals surface area contributed by atoms with Gasteiger partial charge in [0.25, 0.3) is 5.91 Å². The highest BCUT2D eigenvalue weighted by atomic mass is 32.2. The molecular weight excluding hydrogens is 394 g/mol. The average molecular weight is 422 g/mol. The molecule has 0 aliphatic rings. The molecule has 0 saturated carbocycles. The lowest BCUT2D eigenvalue weighted by atomic mass is 10.1. The Balaban J connectivity index is 1.65. The average Bonchev–Trinajstić information content (AvgIpc) is 2.95. The lowest BCUT2D eigenvalue weighted by molar-refractivity contribution is -0.118. The third-order valence-electron chi connectivity index (χ3n) is 4.91. The first-order chi connectivity index (χ1) is 14.2. The number of thioether (sulfide) groups is 1. The van der Waals surface area contributed by atoms with Gasteiger partial charge in [0.2, 0.25) is 0 Å². The molecule has 1 N–H and O–H groups in total. The van der Waals surface area contributed by atoms with Crippen LogP contribution in [0.25, 0.3) is 5.69 Å². The highest BCUT2D eigenvalue weighted by Crippen LogP contribution is 2.22. The van der Waals surface area contributed by atoms with Crippen molar-refractivity contribution in [1.82, 2.24) is 20.0 Å². The Hall–Kier alpha value is -2.93. The van der Waals surface area contributed by atoms with Crippen LogP contribution < -0.4 is 5.43 Å². The molecule has 2 aromatic heterocycles. The predicted octanol–water partition coefficient (Wildman–Crippen LogP) is 4.36. The molecule has 7 heteroatoms. The standard InChI is InChI=1S/C23H27N5OS/c1-14-7-8-21(9-15(14)2)28-18(5)11-20(19(28)6)12-24-27-22(29)13-30-23-25-16(3)10-17(4)26-23/h7-12H,13H2,1-6H3,(H,27,29)/b24-12+. The molecule has 1 aromatic carbocycles. The number of hydrogen-bond acceptors (Lipinski definition) is 5. The maximum absolute atomic E-state index is 12.1. The number of benzene rings is 1. The fourth-order valence-corrected chi connectivity index (χ4v) is 4.02. The summed E-state index contributed by atoms with van der Waals surface area (Å²) in [4.78, 5) is 20.8. The van der Waals surface area contributed by atoms with Gasteiger partial charge in [-0.2, -0.15) is 5.10 Å². The molecular formula is C23H27N5OS. The number of hydrazone groups is 1. The van der Waals surface area contributed by atoms with Gasteiger partial charge in [0, 0.05) is 34.0 Å². The summed E-state index contributed by atoms with van der Waals surface area (Å²) >= 11 is 1.30. The number of nitrogens with one attached hydrogen (secondary N) is 1. The van der Waals surface area contributed by atoms with Crippen molar-refractivity contribution in [1.29, 1.82) is 0 Å². The van der Waals surface area contributed by atoms with E-state index in [9.17, 15) is 4.79 Å². The van der Waals surface area contributed by atoms with E-state index in [4.69, 9.17) is 0 Å². The van der Waals surface area contributed by atoms with E-state index in [1.54, 1.807) is 6.21 Å². The summed E-state index contributed by atoms with van der Waals surface area (Å²) in [5.41, 5.74) is 11.2. The summed E-state index contributed by atoms with van der Waals surface area (Å²) in [5.74, 6) is 0.0176. The van der Waals surface area contributed by atoms with Gasteiger partial charge < -0.3 is 4.57 Å². The molecule has 0 aliphatic heterocycles. The van der Waals surface area contributed by atoms with Crippen molar-refractivity contribution in [3.63, 3.8) is 0 Å². The Labute approximate surface area is 181 Å². The van der Waals surface area contributed by atoms with Crippen LogP contribution in [0.15, 0.2) is 40.6 Å². The summed E-state index contributed by atoms with van der Waals surface area (Å²) < 4.78 is 2.20. The van der Waals surface area contributed by atoms with Crippen molar-refractivity contribution < 1.29 is 4.79 Å². The number of aryl methyl sites for hydroxylation is 5. The zero-order valence-electron chi connectivity index (χ0n) is 18.3. The van der Waals surface area contributed by atoms with Crippen molar-refractivity contribution in [3.8, 4) is 5.69 Å². The van der Waals surface area contributed by atoms with Gasteiger partial charge in [0.15, 0.2) is 5.16 Å². The van der Waals surface area contributed by atoms with Crippen LogP contribution in [0.4, 0.5) is 0 Å². The summed E-state index contributed by atoms with van der Waals surface area (Å²) in [6.07, 6.45) is 1.69. The Kier molecular flexibility index (Phi) is 6.72. The molecule has 0 radical (unpaired) electrons. The van der Waals surface area contributed by atoms with E-state index in [0.717, 1.165) is 34.0 Å². The fraction of sp³-hybridized carbons (Fsp3) is 0.304. The normalized spacial score (nSPS) is 11.3. The van der Waals surface area contributed by atoms with Gasteiger partial charge in [-0.25, -0.2) is 15.4 Å². The number of carbonyl (C=O) groups excluding carboxylic acids is 1. The van der Waals surface area contributed by atoms with Crippen LogP contribution in [0.5, 0.6) is 0 Å². The lowest BCUT2D eigenvalue weighted by Gasteiger charge is -2.11. The zero-order valence-corrected chi connectivity index (χ0v) is 19.1. The highest BCUT2D eigenvalue weighted by molar-refractivity contribution is 7.99. The topological polar surface area (TPSA) is 72.2 Å². The summed E-state index contributed by atoms with van der Waals surface area (Å²) in [5, 5.41) is 4.74. The molecule has 0 spiro atoms. The Morgan fingerprint density at radius 3 is 2.40 bits per heavy atom. The fourth-order valence-electron chi connectivity index (χ4n) is 3.27. The quantitative estimate of drug-likeness (QED) is 0.278. The van der Waals surface area contributed by atoms with Crippen LogP contribution in [0.1, 0.15) is 39.5 Å². The van der Waals surface area contributed by atoms with Gasteiger partial charge in [-0.3, -0.25) is 4.79 Å². The van der Waals surface area contributed by atoms with Crippen LogP contribution in [0.3, 0.4) is 0 Å². The third-order valence-corrected chi connectivity index (χ3v) is 5.75. The van der Waals surface area contributed by atoms with Gasteiger partial charge in [-0.15, -0.1) is 0 Å². The van der Waals surface area contributed by atoms with E-state index >= 15 is 0 Å². The minimum Gasteiger partial charge on any atom is -0.318 e. The highest BCUT2D eigenvalue weighted by Gasteiger charge is 2.10. The van der Waals surface area contributed by atoms with Crippen LogP contribution in [-0.2, 0) is 4.79 Å². The summed E-state index contributed by atoms with van der Waals surface area (Å²) in [6, 6.07) is 10.4. The zero-order chi connectivity index (χ0) is 21.8. The van der Waals surface area contributed by atoms with Crippen LogP contribution in [0, 0.1) is 41.5 Å². The molecule has 0 bridgehead atoms. The SMILES string of the molecule is Cc1cc(C)nc(SCC(=O)N/N=C/c2cc(C)n(-c3ccc(C)c(C)c3)c2C)n1. The number of nitrogens with zero attached hydrogens (tertiary/aromatic N) is 4. The van der Waals surface area contributed by atoms with Crippen molar-refractivity contribution >= 4 is 23.9 Å². The molecule has 0 atom stereocenters. The second-order valence-corrected chi connectivity index (χ2v) is 8.39. The molecule has 0 unspecified atom stereocenters. The minimum atomic E-state index is -0.193. The van der Waals surface area contributed by atoms with Gasteiger partial charge in [-0.05, 0) is 76.9 Å². The summed E-state index contributed by atoms with van der Waals surface area (Å²) in [6.45, 7) is 12.2. The van der Waals surface area contributed by atoms with Crippen molar-refractivity contribution in [3.05, 3.63) is 69.8 Å². The molecule has 1 amide bonds. The Morgan fingerprint density at radius 2 is 1.73 bits per heavy atom. The van der Waals surface area contributed by atoms with Crippen LogP contribution in [0.2, 0.25) is 0 Å². The molecule has 0 saturated heterocycles. The van der Waals surface area contributed by atoms with Gasteiger partial charge in [0.1, 0.15) is 0 Å². The first-order valence-corrected chi connectivity index (χ1v) is 10.8. The Morgan fingerprint density at radius 1 is 1.03 bits per heavy atom. The van der Waals surface area contributed by atoms with E-state index in [2.05, 4.69) is 77.0 Å². The van der Waals surface area contributed by atoms with E-state index in [0.29, 0.717) is 5.16 Å². The maximum atomic E-state index is 12.1. The van der Waals surface area contributed by atoms with Crippen LogP contribution >= 0.6 is 11.8 Å². The molecule has 3 aromatic rings. The first-order valence-electron chi connectivity index (χ1n) is 9.78. The van der Waals surface area contributed by atoms with E-state index in [-0.39, 0.29) is 11.7 Å². The minimum absolute atomic E-state index is 0.193. The van der Waals surface area contributed by atoms with Gasteiger partial charge in [0.05, 0.1) is 12.0 Å². The first kappa shape index (κ1) is 21.8. The molecule has 3 rings (SSSR count). The second kappa shape index (κ2) is 9.26. The van der Waals surface area contributed by atoms with E-state index in [1.165, 1.54) is 22.9 Å². The lowest BCUT2D eigenvalue weighted by Crippen LogP contribution is -2.19. The number of carbonyl (C=O) groups is 1. The molecule has 0 fully saturated rings. The Bertz CT molecular complexity index is 1100. The molecule has 0 aliphatic carbocycles. The molecule has 30 heavy (non-hydrogen) atoms. The summed E-state index contributed by atoms with van der Waals surface area (Å²) in [7, 11) is 0. The number of rotatable bonds is 6. The number of amides is 1. The van der Waals surface area contributed by atoms with Gasteiger partial charge >= 0.3 is 0 Å². The number of hydrogen-bond donors (Lipinski definition) is 1. The smallest absolute Gasteiger partial charge is 0.250 e. The van der Waals surface area contributed by atoms with Gasteiger partial charge in [-0.1, -0.05) is 17.8 Å². The van der Waals surface area contributed by atoms with E-state index < -0.39 is 0 Å². The third kappa shape index (κ3) is 5.16. The monoisotopic (exact) mass is 421 g/mol. The largest absolute Gasteiger partial charge is 0.318 e. The molecule has 2 heterocycles. The van der Waals surface area contributed by atoms with Crippen molar-refractivity contribution in [2.45, 2.75) is 46.7 Å². The van der Waals surface area contributed by atoms with E-state index in [1.807, 2.05) is 19.9 Å². The predicted molar refractivity (Wildman–Crippen MR) is 123 cm³/mol. The second-order valence-electron chi connectivity index (χ2n) is 7.45. The molecule has 6 nitrogen and oxygen atoms in total. The van der Waals surface area contributed by atoms with Crippen molar-refractivity contribution in [2.75, 3.05) is 5.75 Å². The van der Waals surface area contributed by atoms with Crippen molar-refractivity contribution in [2.24, 2.45) is 5.10 Å². The number of aromatic nitrogens is 3.